The summed E-state index contributed by atoms with van der Waals surface area (Å²) >= 11 is 0. The normalized spacial score (nSPS) is 15.5. The number of urea groups is 1. The summed E-state index contributed by atoms with van der Waals surface area (Å²) in [5.74, 6) is 0. The van der Waals surface area contributed by atoms with E-state index in [4.69, 9.17) is 0 Å². The van der Waals surface area contributed by atoms with E-state index in [1.165, 1.54) is 6.42 Å². The zero-order valence-corrected chi connectivity index (χ0v) is 17.0. The van der Waals surface area contributed by atoms with Gasteiger partial charge in [0.1, 0.15) is 0 Å². The second-order valence-electron chi connectivity index (χ2n) is 7.78. The molecular weight excluding hydrogens is 348 g/mol. The number of hydrogen-bond acceptors (Lipinski definition) is 3. The first-order chi connectivity index (χ1) is 13.6. The van der Waals surface area contributed by atoms with Crippen LogP contribution in [0.1, 0.15) is 19.3 Å². The van der Waals surface area contributed by atoms with Crippen molar-refractivity contribution >= 4 is 11.7 Å². The Morgan fingerprint density at radius 3 is 2.43 bits per heavy atom. The molecule has 2 aromatic carbocycles. The second kappa shape index (κ2) is 10.2. The largest absolute Gasteiger partial charge is 0.335 e. The molecule has 1 aliphatic rings. The lowest BCUT2D eigenvalue weighted by Crippen LogP contribution is -2.46. The fraction of sp³-hybridized carbons (Fsp3) is 0.435. The number of amides is 2. The third-order valence-electron chi connectivity index (χ3n) is 5.26. The molecule has 0 atom stereocenters. The number of anilines is 1. The predicted octanol–water partition coefficient (Wildman–Crippen LogP) is 3.89. The van der Waals surface area contributed by atoms with Crippen LogP contribution in [0.4, 0.5) is 10.5 Å². The molecule has 0 radical (unpaired) electrons. The number of likely N-dealkylation sites (tertiary alicyclic amines) is 1. The molecule has 0 unspecified atom stereocenters. The van der Waals surface area contributed by atoms with Crippen LogP contribution in [0.5, 0.6) is 0 Å². The maximum atomic E-state index is 12.6. The van der Waals surface area contributed by atoms with Crippen molar-refractivity contribution in [3.05, 3.63) is 54.6 Å². The Labute approximate surface area is 168 Å². The van der Waals surface area contributed by atoms with E-state index in [0.717, 1.165) is 55.8 Å². The van der Waals surface area contributed by atoms with Crippen LogP contribution in [0.25, 0.3) is 11.1 Å². The summed E-state index contributed by atoms with van der Waals surface area (Å²) in [6.07, 6.45) is 3.22. The smallest absolute Gasteiger partial charge is 0.319 e. The van der Waals surface area contributed by atoms with E-state index < -0.39 is 0 Å². The molecule has 2 aromatic rings. The average Bonchev–Trinajstić information content (AvgIpc) is 2.70. The zero-order chi connectivity index (χ0) is 19.8. The van der Waals surface area contributed by atoms with Crippen LogP contribution in [-0.4, -0.2) is 62.1 Å². The lowest BCUT2D eigenvalue weighted by molar-refractivity contribution is 0.189. The van der Waals surface area contributed by atoms with E-state index in [2.05, 4.69) is 46.7 Å². The highest BCUT2D eigenvalue weighted by molar-refractivity contribution is 5.94. The SMILES string of the molecule is CN(C)CCCN1CCC(NC(=O)Nc2ccccc2-c2ccccc2)CC1. The van der Waals surface area contributed by atoms with Crippen molar-refractivity contribution in [1.29, 1.82) is 0 Å². The Balaban J connectivity index is 1.48. The maximum absolute atomic E-state index is 12.6. The molecule has 5 heteroatoms. The lowest BCUT2D eigenvalue weighted by atomic mass is 10.0. The topological polar surface area (TPSA) is 47.6 Å². The third-order valence-corrected chi connectivity index (χ3v) is 5.26. The van der Waals surface area contributed by atoms with Gasteiger partial charge in [-0.05, 0) is 58.1 Å². The van der Waals surface area contributed by atoms with Gasteiger partial charge in [-0.2, -0.15) is 0 Å². The zero-order valence-electron chi connectivity index (χ0n) is 17.0. The summed E-state index contributed by atoms with van der Waals surface area (Å²) in [6, 6.07) is 18.2. The van der Waals surface area contributed by atoms with Crippen LogP contribution >= 0.6 is 0 Å². The third kappa shape index (κ3) is 6.08. The average molecular weight is 381 g/mol. The molecule has 1 aliphatic heterocycles. The van der Waals surface area contributed by atoms with Gasteiger partial charge < -0.3 is 20.4 Å². The summed E-state index contributed by atoms with van der Waals surface area (Å²) < 4.78 is 0. The van der Waals surface area contributed by atoms with Crippen LogP contribution in [0.3, 0.4) is 0 Å². The second-order valence-corrected chi connectivity index (χ2v) is 7.78. The van der Waals surface area contributed by atoms with Crippen molar-refractivity contribution in [2.45, 2.75) is 25.3 Å². The molecule has 150 valence electrons. The highest BCUT2D eigenvalue weighted by Crippen LogP contribution is 2.27. The summed E-state index contributed by atoms with van der Waals surface area (Å²) in [5, 5.41) is 6.20. The number of para-hydroxylation sites is 1. The van der Waals surface area contributed by atoms with Gasteiger partial charge in [0, 0.05) is 24.7 Å². The van der Waals surface area contributed by atoms with Crippen LogP contribution in [0.2, 0.25) is 0 Å². The minimum atomic E-state index is -0.116. The number of piperidine rings is 1. The number of nitrogens with one attached hydrogen (secondary N) is 2. The molecule has 0 saturated carbocycles. The Morgan fingerprint density at radius 2 is 1.71 bits per heavy atom. The van der Waals surface area contributed by atoms with Crippen LogP contribution < -0.4 is 10.6 Å². The number of carbonyl (C=O) groups excluding carboxylic acids is 1. The molecule has 0 bridgehead atoms. The number of nitrogens with zero attached hydrogens (tertiary/aromatic N) is 2. The van der Waals surface area contributed by atoms with Gasteiger partial charge >= 0.3 is 6.03 Å². The first-order valence-electron chi connectivity index (χ1n) is 10.2. The predicted molar refractivity (Wildman–Crippen MR) is 117 cm³/mol. The van der Waals surface area contributed by atoms with E-state index in [0.29, 0.717) is 0 Å². The van der Waals surface area contributed by atoms with E-state index >= 15 is 0 Å². The van der Waals surface area contributed by atoms with Gasteiger partial charge in [0.25, 0.3) is 0 Å². The van der Waals surface area contributed by atoms with Crippen molar-refractivity contribution in [1.82, 2.24) is 15.1 Å². The summed E-state index contributed by atoms with van der Waals surface area (Å²) in [7, 11) is 4.23. The van der Waals surface area contributed by atoms with Gasteiger partial charge in [-0.3, -0.25) is 0 Å². The Bertz CT molecular complexity index is 739. The van der Waals surface area contributed by atoms with Crippen molar-refractivity contribution in [2.75, 3.05) is 45.6 Å². The minimum Gasteiger partial charge on any atom is -0.335 e. The molecule has 3 rings (SSSR count). The number of rotatable bonds is 7. The fourth-order valence-corrected chi connectivity index (χ4v) is 3.72. The van der Waals surface area contributed by atoms with Gasteiger partial charge in [0.2, 0.25) is 0 Å². The van der Waals surface area contributed by atoms with E-state index in [-0.39, 0.29) is 12.1 Å². The lowest BCUT2D eigenvalue weighted by Gasteiger charge is -2.32. The quantitative estimate of drug-likeness (QED) is 0.766. The molecule has 1 heterocycles. The molecule has 28 heavy (non-hydrogen) atoms. The number of carbonyl (C=O) groups is 1. The van der Waals surface area contributed by atoms with Crippen LogP contribution in [-0.2, 0) is 0 Å². The van der Waals surface area contributed by atoms with E-state index in [9.17, 15) is 4.79 Å². The summed E-state index contributed by atoms with van der Waals surface area (Å²) in [4.78, 5) is 17.3. The Morgan fingerprint density at radius 1 is 1.04 bits per heavy atom. The van der Waals surface area contributed by atoms with Crippen LogP contribution in [0, 0.1) is 0 Å². The maximum Gasteiger partial charge on any atom is 0.319 e. The molecule has 2 amide bonds. The fourth-order valence-electron chi connectivity index (χ4n) is 3.72. The first-order valence-corrected chi connectivity index (χ1v) is 10.2. The summed E-state index contributed by atoms with van der Waals surface area (Å²) in [5.41, 5.74) is 2.98. The standard InChI is InChI=1S/C23H32N4O/c1-26(2)15-8-16-27-17-13-20(14-18-27)24-23(28)25-22-12-7-6-11-21(22)19-9-4-3-5-10-19/h3-7,9-12,20H,8,13-18H2,1-2H3,(H2,24,25,28). The Kier molecular flexibility index (Phi) is 7.46. The molecule has 2 N–H and O–H groups in total. The van der Waals surface area contributed by atoms with Crippen molar-refractivity contribution < 1.29 is 4.79 Å². The number of hydrogen-bond donors (Lipinski definition) is 2. The van der Waals surface area contributed by atoms with Crippen molar-refractivity contribution in [2.24, 2.45) is 0 Å². The van der Waals surface area contributed by atoms with Gasteiger partial charge in [-0.15, -0.1) is 0 Å². The minimum absolute atomic E-state index is 0.116. The molecule has 1 saturated heterocycles. The Hall–Kier alpha value is -2.37. The van der Waals surface area contributed by atoms with Gasteiger partial charge in [0.05, 0.1) is 5.69 Å². The van der Waals surface area contributed by atoms with Gasteiger partial charge in [-0.1, -0.05) is 48.5 Å². The van der Waals surface area contributed by atoms with Crippen molar-refractivity contribution in [3.8, 4) is 11.1 Å². The van der Waals surface area contributed by atoms with Gasteiger partial charge in [0.15, 0.2) is 0 Å². The first kappa shape index (κ1) is 20.4. The molecule has 0 aromatic heterocycles. The van der Waals surface area contributed by atoms with Crippen LogP contribution in [0.15, 0.2) is 54.6 Å². The number of benzene rings is 2. The highest BCUT2D eigenvalue weighted by atomic mass is 16.2. The van der Waals surface area contributed by atoms with E-state index in [1.807, 2.05) is 42.5 Å². The molecule has 0 aliphatic carbocycles. The molecule has 5 nitrogen and oxygen atoms in total. The molecular formula is C23H32N4O. The molecule has 1 fully saturated rings. The van der Waals surface area contributed by atoms with Crippen molar-refractivity contribution in [3.63, 3.8) is 0 Å². The van der Waals surface area contributed by atoms with E-state index in [1.54, 1.807) is 0 Å². The monoisotopic (exact) mass is 380 g/mol. The van der Waals surface area contributed by atoms with Gasteiger partial charge in [-0.25, -0.2) is 4.79 Å². The highest BCUT2D eigenvalue weighted by Gasteiger charge is 2.20. The summed E-state index contributed by atoms with van der Waals surface area (Å²) in [6.45, 7) is 4.38. The molecule has 0 spiro atoms.